The van der Waals surface area contributed by atoms with Crippen LogP contribution in [0, 0.1) is 0 Å². The molecule has 1 aromatic rings. The summed E-state index contributed by atoms with van der Waals surface area (Å²) in [5.74, 6) is 1.41. The summed E-state index contributed by atoms with van der Waals surface area (Å²) < 4.78 is 15.4. The van der Waals surface area contributed by atoms with Gasteiger partial charge in [-0.2, -0.15) is 4.98 Å². The zero-order valence-corrected chi connectivity index (χ0v) is 11.4. The van der Waals surface area contributed by atoms with Crippen molar-refractivity contribution in [3.8, 4) is 0 Å². The lowest BCUT2D eigenvalue weighted by atomic mass is 10.2. The second-order valence-electron chi connectivity index (χ2n) is 4.19. The first-order valence-corrected chi connectivity index (χ1v) is 6.31. The average Bonchev–Trinajstić information content (AvgIpc) is 2.83. The van der Waals surface area contributed by atoms with Gasteiger partial charge in [-0.05, 0) is 20.4 Å². The van der Waals surface area contributed by atoms with Crippen LogP contribution in [-0.4, -0.2) is 50.2 Å². The van der Waals surface area contributed by atoms with Gasteiger partial charge in [0.1, 0.15) is 0 Å². The van der Waals surface area contributed by atoms with E-state index < -0.39 is 0 Å². The molecule has 1 aromatic heterocycles. The largest absolute Gasteiger partial charge is 0.382 e. The Hall–Kier alpha value is -0.980. The number of aryl methyl sites for hydroxylation is 1. The molecule has 1 atom stereocenters. The van der Waals surface area contributed by atoms with Crippen LogP contribution in [0.15, 0.2) is 4.52 Å². The fourth-order valence-corrected chi connectivity index (χ4v) is 1.39. The van der Waals surface area contributed by atoms with E-state index in [9.17, 15) is 0 Å². The van der Waals surface area contributed by atoms with Crippen LogP contribution < -0.4 is 5.32 Å². The van der Waals surface area contributed by atoms with E-state index in [-0.39, 0.29) is 0 Å². The summed E-state index contributed by atoms with van der Waals surface area (Å²) in [6.07, 6.45) is 2.47. The van der Waals surface area contributed by atoms with E-state index in [2.05, 4.69) is 22.4 Å². The Labute approximate surface area is 108 Å². The number of hydrogen-bond acceptors (Lipinski definition) is 6. The summed E-state index contributed by atoms with van der Waals surface area (Å²) in [5.41, 5.74) is 0. The zero-order valence-electron chi connectivity index (χ0n) is 11.4. The fraction of sp³-hybridized carbons (Fsp3) is 0.833. The zero-order chi connectivity index (χ0) is 13.2. The van der Waals surface area contributed by atoms with Gasteiger partial charge in [0.25, 0.3) is 0 Å². The van der Waals surface area contributed by atoms with E-state index in [1.54, 1.807) is 7.11 Å². The molecule has 0 amide bonds. The number of methoxy groups -OCH3 is 1. The lowest BCUT2D eigenvalue weighted by Gasteiger charge is -2.06. The third-order valence-corrected chi connectivity index (χ3v) is 2.70. The van der Waals surface area contributed by atoms with E-state index in [1.165, 1.54) is 0 Å². The SMILES string of the molecule is CNC(C)CCc1nc(CCOCCOC)no1. The first-order valence-electron chi connectivity index (χ1n) is 6.31. The van der Waals surface area contributed by atoms with Crippen molar-refractivity contribution < 1.29 is 14.0 Å². The van der Waals surface area contributed by atoms with Crippen LogP contribution in [0.5, 0.6) is 0 Å². The van der Waals surface area contributed by atoms with Gasteiger partial charge in [0.15, 0.2) is 5.82 Å². The molecule has 0 aliphatic heterocycles. The number of nitrogens with one attached hydrogen (secondary N) is 1. The normalized spacial score (nSPS) is 12.8. The molecule has 0 radical (unpaired) electrons. The van der Waals surface area contributed by atoms with E-state index in [0.717, 1.165) is 12.8 Å². The molecule has 0 aliphatic rings. The summed E-state index contributed by atoms with van der Waals surface area (Å²) >= 11 is 0. The van der Waals surface area contributed by atoms with Crippen molar-refractivity contribution >= 4 is 0 Å². The summed E-state index contributed by atoms with van der Waals surface area (Å²) in [6.45, 7) is 3.93. The monoisotopic (exact) mass is 257 g/mol. The van der Waals surface area contributed by atoms with Crippen LogP contribution in [0.25, 0.3) is 0 Å². The quantitative estimate of drug-likeness (QED) is 0.626. The van der Waals surface area contributed by atoms with Crippen molar-refractivity contribution in [3.63, 3.8) is 0 Å². The predicted octanol–water partition coefficient (Wildman–Crippen LogP) is 0.816. The number of ether oxygens (including phenoxy) is 2. The average molecular weight is 257 g/mol. The predicted molar refractivity (Wildman–Crippen MR) is 67.5 cm³/mol. The highest BCUT2D eigenvalue weighted by molar-refractivity contribution is 4.87. The van der Waals surface area contributed by atoms with Gasteiger partial charge in [0, 0.05) is 26.0 Å². The van der Waals surface area contributed by atoms with Gasteiger partial charge in [0.2, 0.25) is 5.89 Å². The Morgan fingerprint density at radius 3 is 2.83 bits per heavy atom. The lowest BCUT2D eigenvalue weighted by molar-refractivity contribution is 0.0714. The Morgan fingerprint density at radius 2 is 2.11 bits per heavy atom. The molecular formula is C12H23N3O3. The standard InChI is InChI=1S/C12H23N3O3/c1-10(13-2)4-5-12-14-11(15-18-12)6-7-17-9-8-16-3/h10,13H,4-9H2,1-3H3. The number of aromatic nitrogens is 2. The van der Waals surface area contributed by atoms with Gasteiger partial charge in [-0.25, -0.2) is 0 Å². The Kier molecular flexibility index (Phi) is 7.55. The highest BCUT2D eigenvalue weighted by Gasteiger charge is 2.07. The van der Waals surface area contributed by atoms with Crippen LogP contribution in [-0.2, 0) is 22.3 Å². The van der Waals surface area contributed by atoms with Crippen LogP contribution >= 0.6 is 0 Å². The first kappa shape index (κ1) is 15.1. The lowest BCUT2D eigenvalue weighted by Crippen LogP contribution is -2.21. The molecule has 1 rings (SSSR count). The molecule has 6 heteroatoms. The van der Waals surface area contributed by atoms with E-state index in [4.69, 9.17) is 14.0 Å². The minimum Gasteiger partial charge on any atom is -0.382 e. The maximum Gasteiger partial charge on any atom is 0.226 e. The van der Waals surface area contributed by atoms with Crippen LogP contribution in [0.4, 0.5) is 0 Å². The van der Waals surface area contributed by atoms with E-state index in [1.807, 2.05) is 7.05 Å². The van der Waals surface area contributed by atoms with Gasteiger partial charge < -0.3 is 19.3 Å². The minimum absolute atomic E-state index is 0.456. The number of hydrogen-bond donors (Lipinski definition) is 1. The molecule has 0 aliphatic carbocycles. The molecule has 1 heterocycles. The van der Waals surface area contributed by atoms with Gasteiger partial charge in [0.05, 0.1) is 19.8 Å². The number of nitrogens with zero attached hydrogens (tertiary/aromatic N) is 2. The molecule has 18 heavy (non-hydrogen) atoms. The van der Waals surface area contributed by atoms with E-state index in [0.29, 0.717) is 44.0 Å². The summed E-state index contributed by atoms with van der Waals surface area (Å²) in [7, 11) is 3.60. The molecule has 0 fully saturated rings. The van der Waals surface area contributed by atoms with Crippen LogP contribution in [0.2, 0.25) is 0 Å². The Balaban J connectivity index is 2.17. The van der Waals surface area contributed by atoms with Gasteiger partial charge in [-0.15, -0.1) is 0 Å². The molecule has 1 unspecified atom stereocenters. The third-order valence-electron chi connectivity index (χ3n) is 2.70. The van der Waals surface area contributed by atoms with Gasteiger partial charge in [-0.1, -0.05) is 5.16 Å². The molecule has 104 valence electrons. The highest BCUT2D eigenvalue weighted by Crippen LogP contribution is 2.03. The number of rotatable bonds is 10. The highest BCUT2D eigenvalue weighted by atomic mass is 16.5. The van der Waals surface area contributed by atoms with Crippen molar-refractivity contribution in [1.82, 2.24) is 15.5 Å². The first-order chi connectivity index (χ1) is 8.76. The summed E-state index contributed by atoms with van der Waals surface area (Å²) in [6, 6.07) is 0.456. The summed E-state index contributed by atoms with van der Waals surface area (Å²) in [5, 5.41) is 7.09. The van der Waals surface area contributed by atoms with Crippen LogP contribution in [0.3, 0.4) is 0 Å². The van der Waals surface area contributed by atoms with Crippen molar-refractivity contribution in [2.75, 3.05) is 34.0 Å². The molecule has 0 saturated carbocycles. The molecule has 0 aromatic carbocycles. The second kappa shape index (κ2) is 9.02. The smallest absolute Gasteiger partial charge is 0.226 e. The van der Waals surface area contributed by atoms with Crippen molar-refractivity contribution in [2.45, 2.75) is 32.2 Å². The van der Waals surface area contributed by atoms with Crippen molar-refractivity contribution in [2.24, 2.45) is 0 Å². The maximum absolute atomic E-state index is 5.35. The van der Waals surface area contributed by atoms with Gasteiger partial charge in [-0.3, -0.25) is 0 Å². The van der Waals surface area contributed by atoms with Crippen LogP contribution in [0.1, 0.15) is 25.1 Å². The fourth-order valence-electron chi connectivity index (χ4n) is 1.39. The third kappa shape index (κ3) is 6.09. The second-order valence-corrected chi connectivity index (χ2v) is 4.19. The van der Waals surface area contributed by atoms with Crippen molar-refractivity contribution in [1.29, 1.82) is 0 Å². The molecule has 0 saturated heterocycles. The van der Waals surface area contributed by atoms with Gasteiger partial charge >= 0.3 is 0 Å². The Bertz CT molecular complexity index is 317. The Morgan fingerprint density at radius 1 is 1.28 bits per heavy atom. The summed E-state index contributed by atoms with van der Waals surface area (Å²) in [4.78, 5) is 4.32. The molecule has 0 spiro atoms. The topological polar surface area (TPSA) is 69.4 Å². The molecule has 0 bridgehead atoms. The van der Waals surface area contributed by atoms with Crippen molar-refractivity contribution in [3.05, 3.63) is 11.7 Å². The van der Waals surface area contributed by atoms with E-state index >= 15 is 0 Å². The molecule has 6 nitrogen and oxygen atoms in total. The molecule has 1 N–H and O–H groups in total. The molecular weight excluding hydrogens is 234 g/mol. The minimum atomic E-state index is 0.456. The maximum atomic E-state index is 5.35.